The summed E-state index contributed by atoms with van der Waals surface area (Å²) in [7, 11) is 0. The average Bonchev–Trinajstić information content (AvgIpc) is 2.76. The number of nitrogens with one attached hydrogen (secondary N) is 2. The molecule has 5 nitrogen and oxygen atoms in total. The van der Waals surface area contributed by atoms with Crippen LogP contribution in [-0.2, 0) is 4.79 Å². The maximum absolute atomic E-state index is 12.3. The molecule has 0 aliphatic carbocycles. The van der Waals surface area contributed by atoms with E-state index in [2.05, 4.69) is 10.4 Å². The Bertz CT molecular complexity index is 698. The van der Waals surface area contributed by atoms with Gasteiger partial charge in [-0.25, -0.2) is 0 Å². The van der Waals surface area contributed by atoms with E-state index >= 15 is 0 Å². The average molecular weight is 271 g/mol. The number of amides is 1. The highest BCUT2D eigenvalue weighted by Crippen LogP contribution is 2.35. The van der Waals surface area contributed by atoms with Gasteiger partial charge in [-0.15, -0.1) is 0 Å². The molecule has 1 amide bonds. The molecule has 20 heavy (non-hydrogen) atoms. The molecule has 1 aliphatic heterocycles. The molecule has 0 bridgehead atoms. The van der Waals surface area contributed by atoms with E-state index in [9.17, 15) is 9.59 Å². The first-order valence-electron chi connectivity index (χ1n) is 6.77. The topological polar surface area (TPSA) is 66.9 Å². The smallest absolute Gasteiger partial charge is 0.270 e. The molecule has 1 atom stereocenters. The summed E-state index contributed by atoms with van der Waals surface area (Å²) in [6.07, 6.45) is 0.308. The zero-order valence-corrected chi connectivity index (χ0v) is 11.5. The maximum atomic E-state index is 12.3. The molecule has 2 heterocycles. The van der Waals surface area contributed by atoms with Gasteiger partial charge in [-0.1, -0.05) is 30.3 Å². The highest BCUT2D eigenvalue weighted by Gasteiger charge is 2.32. The van der Waals surface area contributed by atoms with Gasteiger partial charge in [-0.2, -0.15) is 0 Å². The minimum absolute atomic E-state index is 0.0558. The van der Waals surface area contributed by atoms with Gasteiger partial charge in [0.05, 0.1) is 5.56 Å². The van der Waals surface area contributed by atoms with E-state index in [4.69, 9.17) is 0 Å². The van der Waals surface area contributed by atoms with Crippen molar-refractivity contribution in [2.75, 3.05) is 5.32 Å². The summed E-state index contributed by atoms with van der Waals surface area (Å²) in [5.74, 6) is 0.374. The summed E-state index contributed by atoms with van der Waals surface area (Å²) in [6, 6.07) is 9.78. The van der Waals surface area contributed by atoms with Crippen LogP contribution < -0.4 is 10.9 Å². The highest BCUT2D eigenvalue weighted by molar-refractivity contribution is 5.94. The number of aromatic nitrogens is 2. The minimum atomic E-state index is -0.177. The molecule has 1 unspecified atom stereocenters. The summed E-state index contributed by atoms with van der Waals surface area (Å²) >= 11 is 0. The number of benzene rings is 1. The van der Waals surface area contributed by atoms with Crippen molar-refractivity contribution in [3.63, 3.8) is 0 Å². The zero-order valence-electron chi connectivity index (χ0n) is 11.5. The fourth-order valence-electron chi connectivity index (χ4n) is 2.74. The van der Waals surface area contributed by atoms with Crippen LogP contribution in [0.15, 0.2) is 35.1 Å². The van der Waals surface area contributed by atoms with E-state index in [0.717, 1.165) is 5.56 Å². The van der Waals surface area contributed by atoms with Crippen molar-refractivity contribution in [2.24, 2.45) is 0 Å². The second-order valence-electron chi connectivity index (χ2n) is 5.38. The molecule has 0 fully saturated rings. The largest absolute Gasteiger partial charge is 0.311 e. The molecule has 0 saturated heterocycles. The van der Waals surface area contributed by atoms with Gasteiger partial charge in [0.1, 0.15) is 5.82 Å². The Morgan fingerprint density at radius 2 is 1.90 bits per heavy atom. The second-order valence-corrected chi connectivity index (χ2v) is 5.38. The van der Waals surface area contributed by atoms with Crippen LogP contribution in [0.1, 0.15) is 43.4 Å². The molecule has 0 saturated carbocycles. The summed E-state index contributed by atoms with van der Waals surface area (Å²) < 4.78 is 1.73. The molecule has 0 radical (unpaired) electrons. The van der Waals surface area contributed by atoms with Crippen molar-refractivity contribution in [1.82, 2.24) is 9.78 Å². The molecule has 1 aliphatic rings. The molecule has 2 aromatic rings. The number of H-pyrrole nitrogens is 1. The molecule has 1 aromatic heterocycles. The van der Waals surface area contributed by atoms with E-state index in [0.29, 0.717) is 17.8 Å². The number of hydrogen-bond donors (Lipinski definition) is 2. The van der Waals surface area contributed by atoms with Gasteiger partial charge in [0.25, 0.3) is 5.56 Å². The summed E-state index contributed by atoms with van der Waals surface area (Å²) in [4.78, 5) is 24.2. The van der Waals surface area contributed by atoms with E-state index < -0.39 is 0 Å². The Balaban J connectivity index is 2.18. The lowest BCUT2D eigenvalue weighted by Gasteiger charge is -2.24. The van der Waals surface area contributed by atoms with Gasteiger partial charge >= 0.3 is 0 Å². The van der Waals surface area contributed by atoms with Crippen LogP contribution in [0.25, 0.3) is 0 Å². The van der Waals surface area contributed by atoms with Crippen molar-refractivity contribution < 1.29 is 4.79 Å². The number of hydrogen-bond acceptors (Lipinski definition) is 2. The molecule has 2 N–H and O–H groups in total. The van der Waals surface area contributed by atoms with Crippen LogP contribution in [0.4, 0.5) is 5.82 Å². The summed E-state index contributed by atoms with van der Waals surface area (Å²) in [6.45, 7) is 3.93. The Hall–Kier alpha value is -2.30. The number of aromatic amines is 1. The predicted molar refractivity (Wildman–Crippen MR) is 77.0 cm³/mol. The van der Waals surface area contributed by atoms with Crippen LogP contribution >= 0.6 is 0 Å². The quantitative estimate of drug-likeness (QED) is 0.879. The Kier molecular flexibility index (Phi) is 2.97. The third kappa shape index (κ3) is 1.95. The molecular formula is C15H17N3O2. The van der Waals surface area contributed by atoms with Crippen molar-refractivity contribution in [2.45, 2.75) is 32.2 Å². The number of rotatable bonds is 2. The van der Waals surface area contributed by atoms with Crippen LogP contribution in [0.5, 0.6) is 0 Å². The zero-order chi connectivity index (χ0) is 14.3. The Labute approximate surface area is 116 Å². The third-order valence-corrected chi connectivity index (χ3v) is 3.68. The molecule has 3 rings (SSSR count). The van der Waals surface area contributed by atoms with Crippen LogP contribution in [-0.4, -0.2) is 15.7 Å². The van der Waals surface area contributed by atoms with Gasteiger partial charge in [0.2, 0.25) is 5.91 Å². The monoisotopic (exact) mass is 271 g/mol. The molecular weight excluding hydrogens is 254 g/mol. The SMILES string of the molecule is CC(C)n1[nH]c(=O)c2c1NC(=O)CC2c1ccccc1. The van der Waals surface area contributed by atoms with Crippen molar-refractivity contribution >= 4 is 11.7 Å². The van der Waals surface area contributed by atoms with E-state index in [-0.39, 0.29) is 23.4 Å². The lowest BCUT2D eigenvalue weighted by atomic mass is 9.87. The summed E-state index contributed by atoms with van der Waals surface area (Å²) in [5.41, 5.74) is 1.53. The highest BCUT2D eigenvalue weighted by atomic mass is 16.2. The standard InChI is InChI=1S/C15H17N3O2/c1-9(2)18-14-13(15(20)17-18)11(8-12(19)16-14)10-6-4-3-5-7-10/h3-7,9,11H,8H2,1-2H3,(H,16,19)(H,17,20). The van der Waals surface area contributed by atoms with Crippen LogP contribution in [0.3, 0.4) is 0 Å². The molecule has 104 valence electrons. The van der Waals surface area contributed by atoms with Gasteiger partial charge in [-0.05, 0) is 19.4 Å². The Morgan fingerprint density at radius 1 is 1.20 bits per heavy atom. The van der Waals surface area contributed by atoms with Gasteiger partial charge in [0, 0.05) is 18.4 Å². The van der Waals surface area contributed by atoms with Crippen molar-refractivity contribution in [3.05, 3.63) is 51.8 Å². The number of carbonyl (C=O) groups is 1. The predicted octanol–water partition coefficient (Wildman–Crippen LogP) is 2.23. The molecule has 0 spiro atoms. The van der Waals surface area contributed by atoms with Gasteiger partial charge in [0.15, 0.2) is 0 Å². The van der Waals surface area contributed by atoms with E-state index in [1.807, 2.05) is 44.2 Å². The molecule has 1 aromatic carbocycles. The lowest BCUT2D eigenvalue weighted by molar-refractivity contribution is -0.116. The van der Waals surface area contributed by atoms with Crippen molar-refractivity contribution in [1.29, 1.82) is 0 Å². The Morgan fingerprint density at radius 3 is 2.55 bits per heavy atom. The van der Waals surface area contributed by atoms with Gasteiger partial charge in [-0.3, -0.25) is 19.4 Å². The number of nitrogens with zero attached hydrogens (tertiary/aromatic N) is 1. The number of anilines is 1. The first kappa shape index (κ1) is 12.7. The van der Waals surface area contributed by atoms with Crippen molar-refractivity contribution in [3.8, 4) is 0 Å². The second kappa shape index (κ2) is 4.67. The minimum Gasteiger partial charge on any atom is -0.311 e. The summed E-state index contributed by atoms with van der Waals surface area (Å²) in [5, 5.41) is 5.64. The van der Waals surface area contributed by atoms with Crippen LogP contribution in [0, 0.1) is 0 Å². The van der Waals surface area contributed by atoms with Crippen LogP contribution in [0.2, 0.25) is 0 Å². The fraction of sp³-hybridized carbons (Fsp3) is 0.333. The maximum Gasteiger partial charge on any atom is 0.270 e. The van der Waals surface area contributed by atoms with Gasteiger partial charge < -0.3 is 5.32 Å². The lowest BCUT2D eigenvalue weighted by Crippen LogP contribution is -2.27. The van der Waals surface area contributed by atoms with E-state index in [1.54, 1.807) is 4.68 Å². The first-order valence-corrected chi connectivity index (χ1v) is 6.77. The number of carbonyl (C=O) groups excluding carboxylic acids is 1. The van der Waals surface area contributed by atoms with E-state index in [1.165, 1.54) is 0 Å². The number of fused-ring (bicyclic) bond motifs is 1. The normalized spacial score (nSPS) is 17.9. The third-order valence-electron chi connectivity index (χ3n) is 3.68. The molecule has 5 heteroatoms. The fourth-order valence-corrected chi connectivity index (χ4v) is 2.74. The first-order chi connectivity index (χ1) is 9.58.